The summed E-state index contributed by atoms with van der Waals surface area (Å²) in [6.07, 6.45) is 1.49. The van der Waals surface area contributed by atoms with Crippen molar-refractivity contribution < 1.29 is 0 Å². The minimum Gasteiger partial charge on any atom is -0.317 e. The van der Waals surface area contributed by atoms with Crippen LogP contribution in [0.1, 0.15) is 16.7 Å². The normalized spacial score (nSPS) is 13.1. The lowest BCUT2D eigenvalue weighted by Gasteiger charge is -2.07. The van der Waals surface area contributed by atoms with Gasteiger partial charge in [-0.2, -0.15) is 5.10 Å². The zero-order chi connectivity index (χ0) is 10.1. The van der Waals surface area contributed by atoms with Gasteiger partial charge >= 0.3 is 0 Å². The number of aromatic nitrogens is 3. The molecule has 0 radical (unpaired) electrons. The second kappa shape index (κ2) is 3.68. The molecule has 2 aromatic rings. The zero-order valence-corrected chi connectivity index (χ0v) is 9.09. The molecule has 2 N–H and O–H groups in total. The van der Waals surface area contributed by atoms with Gasteiger partial charge in [-0.05, 0) is 12.1 Å². The molecule has 2 heterocycles. The van der Waals surface area contributed by atoms with E-state index >= 15 is 0 Å². The second-order valence-corrected chi connectivity index (χ2v) is 4.61. The monoisotopic (exact) mass is 228 g/mol. The van der Waals surface area contributed by atoms with Crippen molar-refractivity contribution in [1.82, 2.24) is 14.8 Å². The summed E-state index contributed by atoms with van der Waals surface area (Å²) in [5.41, 5.74) is 6.00. The molecule has 0 fully saturated rings. The third kappa shape index (κ3) is 1.66. The highest BCUT2D eigenvalue weighted by Gasteiger charge is 2.15. The Morgan fingerprint density at radius 1 is 1.57 bits per heavy atom. The molecule has 0 bridgehead atoms. The fraction of sp³-hybridized carbons (Fsp3) is 0.250. The minimum absolute atomic E-state index is 0.250. The van der Waals surface area contributed by atoms with E-state index in [2.05, 4.69) is 10.1 Å². The third-order valence-electron chi connectivity index (χ3n) is 1.93. The van der Waals surface area contributed by atoms with E-state index in [9.17, 15) is 0 Å². The van der Waals surface area contributed by atoms with Gasteiger partial charge < -0.3 is 5.73 Å². The smallest absolute Gasteiger partial charge is 0.148 e. The molecule has 1 unspecified atom stereocenters. The highest BCUT2D eigenvalue weighted by atomic mass is 35.5. The number of aryl methyl sites for hydroxylation is 1. The first-order valence-corrected chi connectivity index (χ1v) is 5.22. The average Bonchev–Trinajstić information content (AvgIpc) is 2.73. The molecule has 0 saturated carbocycles. The summed E-state index contributed by atoms with van der Waals surface area (Å²) in [6.45, 7) is 0. The summed E-state index contributed by atoms with van der Waals surface area (Å²) in [6, 6.07) is 3.49. The van der Waals surface area contributed by atoms with E-state index in [1.54, 1.807) is 4.68 Å². The van der Waals surface area contributed by atoms with E-state index in [0.29, 0.717) is 0 Å². The molecule has 0 spiro atoms. The van der Waals surface area contributed by atoms with Gasteiger partial charge in [0.25, 0.3) is 0 Å². The third-order valence-corrected chi connectivity index (χ3v) is 3.24. The molecule has 2 aromatic heterocycles. The van der Waals surface area contributed by atoms with E-state index < -0.39 is 0 Å². The maximum absolute atomic E-state index is 6.00. The quantitative estimate of drug-likeness (QED) is 0.849. The topological polar surface area (TPSA) is 56.7 Å². The Hall–Kier alpha value is -0.910. The largest absolute Gasteiger partial charge is 0.317 e. The Bertz CT molecular complexity index is 436. The van der Waals surface area contributed by atoms with Crippen LogP contribution in [0, 0.1) is 0 Å². The van der Waals surface area contributed by atoms with Gasteiger partial charge in [0.2, 0.25) is 0 Å². The lowest BCUT2D eigenvalue weighted by Crippen LogP contribution is -2.15. The molecule has 4 nitrogen and oxygen atoms in total. The van der Waals surface area contributed by atoms with Gasteiger partial charge in [0, 0.05) is 11.9 Å². The molecule has 0 saturated heterocycles. The van der Waals surface area contributed by atoms with Crippen LogP contribution in [-0.2, 0) is 7.05 Å². The van der Waals surface area contributed by atoms with Crippen LogP contribution in [0.15, 0.2) is 18.5 Å². The standard InChI is InChI=1S/C8H9ClN4S/c1-13-8(11-4-12-13)7(10)5-2-3-6(9)14-5/h2-4,7H,10H2,1H3. The van der Waals surface area contributed by atoms with Crippen LogP contribution in [0.4, 0.5) is 0 Å². The zero-order valence-electron chi connectivity index (χ0n) is 7.51. The molecule has 1 atom stereocenters. The highest BCUT2D eigenvalue weighted by Crippen LogP contribution is 2.28. The van der Waals surface area contributed by atoms with Crippen LogP contribution in [0.25, 0.3) is 0 Å². The van der Waals surface area contributed by atoms with Crippen molar-refractivity contribution in [1.29, 1.82) is 0 Å². The molecule has 14 heavy (non-hydrogen) atoms. The van der Waals surface area contributed by atoms with Gasteiger partial charge in [0.05, 0.1) is 10.4 Å². The summed E-state index contributed by atoms with van der Waals surface area (Å²) in [5, 5.41) is 3.97. The van der Waals surface area contributed by atoms with Gasteiger partial charge in [0.1, 0.15) is 12.2 Å². The number of rotatable bonds is 2. The van der Waals surface area contributed by atoms with Crippen molar-refractivity contribution in [3.05, 3.63) is 33.5 Å². The van der Waals surface area contributed by atoms with Crippen LogP contribution in [0.3, 0.4) is 0 Å². The SMILES string of the molecule is Cn1ncnc1C(N)c1ccc(Cl)s1. The predicted molar refractivity (Wildman–Crippen MR) is 56.4 cm³/mol. The van der Waals surface area contributed by atoms with Gasteiger partial charge in [-0.25, -0.2) is 4.98 Å². The summed E-state index contributed by atoms with van der Waals surface area (Å²) >= 11 is 7.29. The van der Waals surface area contributed by atoms with Crippen LogP contribution in [0.2, 0.25) is 4.34 Å². The van der Waals surface area contributed by atoms with Gasteiger partial charge in [0.15, 0.2) is 0 Å². The van der Waals surface area contributed by atoms with E-state index in [4.69, 9.17) is 17.3 Å². The van der Waals surface area contributed by atoms with Crippen molar-refractivity contribution in [2.75, 3.05) is 0 Å². The second-order valence-electron chi connectivity index (χ2n) is 2.86. The molecule has 74 valence electrons. The summed E-state index contributed by atoms with van der Waals surface area (Å²) < 4.78 is 2.40. The van der Waals surface area contributed by atoms with E-state index in [0.717, 1.165) is 15.0 Å². The molecule has 6 heteroatoms. The van der Waals surface area contributed by atoms with Crippen LogP contribution in [0.5, 0.6) is 0 Å². The van der Waals surface area contributed by atoms with E-state index in [1.807, 2.05) is 19.2 Å². The molecule has 0 aliphatic heterocycles. The Morgan fingerprint density at radius 3 is 2.86 bits per heavy atom. The maximum Gasteiger partial charge on any atom is 0.148 e. The fourth-order valence-corrected chi connectivity index (χ4v) is 2.27. The van der Waals surface area contributed by atoms with Crippen LogP contribution in [-0.4, -0.2) is 14.8 Å². The predicted octanol–water partition coefficient (Wildman–Crippen LogP) is 1.58. The number of nitrogens with zero attached hydrogens (tertiary/aromatic N) is 3. The number of thiophene rings is 1. The highest BCUT2D eigenvalue weighted by molar-refractivity contribution is 7.16. The summed E-state index contributed by atoms with van der Waals surface area (Å²) in [7, 11) is 1.82. The Kier molecular flexibility index (Phi) is 2.54. The number of hydrogen-bond acceptors (Lipinski definition) is 4. The van der Waals surface area contributed by atoms with Gasteiger partial charge in [-0.1, -0.05) is 11.6 Å². The maximum atomic E-state index is 6.00. The molecule has 0 amide bonds. The minimum atomic E-state index is -0.250. The first-order chi connectivity index (χ1) is 6.68. The van der Waals surface area contributed by atoms with Gasteiger partial charge in [-0.15, -0.1) is 11.3 Å². The van der Waals surface area contributed by atoms with Crippen molar-refractivity contribution >= 4 is 22.9 Å². The summed E-state index contributed by atoms with van der Waals surface area (Å²) in [5.74, 6) is 0.739. The Balaban J connectivity index is 2.33. The van der Waals surface area contributed by atoms with Crippen molar-refractivity contribution in [3.8, 4) is 0 Å². The van der Waals surface area contributed by atoms with Crippen molar-refractivity contribution in [2.45, 2.75) is 6.04 Å². The lowest BCUT2D eigenvalue weighted by molar-refractivity contribution is 0.664. The molecular weight excluding hydrogens is 220 g/mol. The molecule has 0 aliphatic rings. The first-order valence-electron chi connectivity index (χ1n) is 4.03. The molecule has 2 rings (SSSR count). The van der Waals surface area contributed by atoms with E-state index in [-0.39, 0.29) is 6.04 Å². The van der Waals surface area contributed by atoms with Gasteiger partial charge in [-0.3, -0.25) is 4.68 Å². The molecule has 0 aromatic carbocycles. The van der Waals surface area contributed by atoms with E-state index in [1.165, 1.54) is 17.7 Å². The summed E-state index contributed by atoms with van der Waals surface area (Å²) in [4.78, 5) is 5.08. The average molecular weight is 229 g/mol. The fourth-order valence-electron chi connectivity index (χ4n) is 1.21. The number of halogens is 1. The Labute approximate surface area is 90.3 Å². The van der Waals surface area contributed by atoms with Crippen LogP contribution >= 0.6 is 22.9 Å². The van der Waals surface area contributed by atoms with Crippen LogP contribution < -0.4 is 5.73 Å². The van der Waals surface area contributed by atoms with Crippen molar-refractivity contribution in [3.63, 3.8) is 0 Å². The number of nitrogens with two attached hydrogens (primary N) is 1. The lowest BCUT2D eigenvalue weighted by atomic mass is 10.2. The van der Waals surface area contributed by atoms with Crippen molar-refractivity contribution in [2.24, 2.45) is 12.8 Å². The number of hydrogen-bond donors (Lipinski definition) is 1. The first kappa shape index (κ1) is 9.64. The molecular formula is C8H9ClN4S. The molecule has 0 aliphatic carbocycles. The Morgan fingerprint density at radius 2 is 2.36 bits per heavy atom.